The largest absolute Gasteiger partial charge is 0.388 e. The summed E-state index contributed by atoms with van der Waals surface area (Å²) in [7, 11) is 0. The number of aliphatic hydroxyl groups is 1. The van der Waals surface area contributed by atoms with E-state index in [1.54, 1.807) is 11.8 Å². The second-order valence-electron chi connectivity index (χ2n) is 4.89. The maximum Gasteiger partial charge on any atom is 0.264 e. The van der Waals surface area contributed by atoms with E-state index < -0.39 is 5.60 Å². The first-order valence-corrected chi connectivity index (χ1v) is 7.27. The minimum absolute atomic E-state index is 0.0313. The average Bonchev–Trinajstić information content (AvgIpc) is 2.57. The lowest BCUT2D eigenvalue weighted by molar-refractivity contribution is -0.0105. The van der Waals surface area contributed by atoms with E-state index in [4.69, 9.17) is 0 Å². The van der Waals surface area contributed by atoms with E-state index in [-0.39, 0.29) is 5.91 Å². The molecular formula is C12H16BrNO2S. The quantitative estimate of drug-likeness (QED) is 0.865. The van der Waals surface area contributed by atoms with Crippen LogP contribution in [0.4, 0.5) is 0 Å². The fourth-order valence-electron chi connectivity index (χ4n) is 2.11. The lowest BCUT2D eigenvalue weighted by atomic mass is 9.95. The highest BCUT2D eigenvalue weighted by Crippen LogP contribution is 2.29. The zero-order valence-corrected chi connectivity index (χ0v) is 12.4. The third-order valence-electron chi connectivity index (χ3n) is 3.03. The number of carbonyl (C=O) groups excluding carboxylic acids is 1. The lowest BCUT2D eigenvalue weighted by Crippen LogP contribution is -2.48. The van der Waals surface area contributed by atoms with Crippen LogP contribution in [0.15, 0.2) is 9.85 Å². The number of hydrogen-bond donors (Lipinski definition) is 1. The second-order valence-corrected chi connectivity index (χ2v) is 7.26. The van der Waals surface area contributed by atoms with Gasteiger partial charge < -0.3 is 10.0 Å². The van der Waals surface area contributed by atoms with Gasteiger partial charge in [-0.15, -0.1) is 11.3 Å². The van der Waals surface area contributed by atoms with Gasteiger partial charge in [0, 0.05) is 13.1 Å². The van der Waals surface area contributed by atoms with Crippen LogP contribution in [0.1, 0.15) is 35.0 Å². The Balaban J connectivity index is 2.15. The van der Waals surface area contributed by atoms with Crippen molar-refractivity contribution < 1.29 is 9.90 Å². The summed E-state index contributed by atoms with van der Waals surface area (Å²) >= 11 is 4.89. The fourth-order valence-corrected chi connectivity index (χ4v) is 3.62. The molecule has 1 saturated heterocycles. The molecule has 1 unspecified atom stereocenters. The summed E-state index contributed by atoms with van der Waals surface area (Å²) in [6.07, 6.45) is 1.63. The SMILES string of the molecule is Cc1cc(C(=O)N2CCCC(C)(O)C2)sc1Br. The molecule has 1 aliphatic rings. The highest BCUT2D eigenvalue weighted by molar-refractivity contribution is 9.11. The Morgan fingerprint density at radius 3 is 2.88 bits per heavy atom. The van der Waals surface area contributed by atoms with Gasteiger partial charge in [-0.3, -0.25) is 4.79 Å². The molecule has 1 N–H and O–H groups in total. The number of nitrogens with zero attached hydrogens (tertiary/aromatic N) is 1. The molecule has 1 amide bonds. The summed E-state index contributed by atoms with van der Waals surface area (Å²) < 4.78 is 1.00. The first-order chi connectivity index (χ1) is 7.89. The molecule has 2 rings (SSSR count). The molecular weight excluding hydrogens is 302 g/mol. The van der Waals surface area contributed by atoms with Gasteiger partial charge in [0.05, 0.1) is 14.3 Å². The van der Waals surface area contributed by atoms with Gasteiger partial charge in [-0.2, -0.15) is 0 Å². The van der Waals surface area contributed by atoms with Crippen molar-refractivity contribution in [2.45, 2.75) is 32.3 Å². The van der Waals surface area contributed by atoms with Crippen molar-refractivity contribution in [3.05, 3.63) is 20.3 Å². The second kappa shape index (κ2) is 4.71. The summed E-state index contributed by atoms with van der Waals surface area (Å²) in [5.74, 6) is 0.0313. The number of carbonyl (C=O) groups is 1. The maximum absolute atomic E-state index is 12.3. The summed E-state index contributed by atoms with van der Waals surface area (Å²) in [6, 6.07) is 1.90. The van der Waals surface area contributed by atoms with E-state index in [2.05, 4.69) is 15.9 Å². The fraction of sp³-hybridized carbons (Fsp3) is 0.583. The summed E-state index contributed by atoms with van der Waals surface area (Å²) in [5, 5.41) is 10.0. The number of β-amino-alcohol motifs (C(OH)–C–C–N with tert-alkyl or cyclic N) is 1. The van der Waals surface area contributed by atoms with Crippen molar-refractivity contribution in [1.82, 2.24) is 4.90 Å². The molecule has 1 aromatic rings. The average molecular weight is 318 g/mol. The summed E-state index contributed by atoms with van der Waals surface area (Å²) in [4.78, 5) is 14.8. The predicted octanol–water partition coefficient (Wildman–Crippen LogP) is 2.81. The van der Waals surface area contributed by atoms with Crippen molar-refractivity contribution >= 4 is 33.2 Å². The topological polar surface area (TPSA) is 40.5 Å². The maximum atomic E-state index is 12.3. The van der Waals surface area contributed by atoms with Gasteiger partial charge in [0.15, 0.2) is 0 Å². The van der Waals surface area contributed by atoms with Crippen LogP contribution in [0.3, 0.4) is 0 Å². The van der Waals surface area contributed by atoms with Crippen molar-refractivity contribution in [3.8, 4) is 0 Å². The molecule has 0 bridgehead atoms. The van der Waals surface area contributed by atoms with Gasteiger partial charge in [-0.25, -0.2) is 0 Å². The number of likely N-dealkylation sites (tertiary alicyclic amines) is 1. The molecule has 5 heteroatoms. The van der Waals surface area contributed by atoms with E-state index in [9.17, 15) is 9.90 Å². The van der Waals surface area contributed by atoms with Crippen molar-refractivity contribution in [2.75, 3.05) is 13.1 Å². The molecule has 0 saturated carbocycles. The molecule has 17 heavy (non-hydrogen) atoms. The minimum Gasteiger partial charge on any atom is -0.388 e. The first kappa shape index (κ1) is 13.1. The number of thiophene rings is 1. The van der Waals surface area contributed by atoms with E-state index in [1.165, 1.54) is 11.3 Å². The van der Waals surface area contributed by atoms with Crippen LogP contribution >= 0.6 is 27.3 Å². The van der Waals surface area contributed by atoms with Crippen LogP contribution in [0.25, 0.3) is 0 Å². The Bertz CT molecular complexity index is 422. The number of amides is 1. The molecule has 94 valence electrons. The summed E-state index contributed by atoms with van der Waals surface area (Å²) in [5.41, 5.74) is 0.347. The third kappa shape index (κ3) is 2.89. The molecule has 0 radical (unpaired) electrons. The molecule has 1 aromatic heterocycles. The minimum atomic E-state index is -0.739. The number of piperidine rings is 1. The zero-order chi connectivity index (χ0) is 12.6. The molecule has 1 fully saturated rings. The van der Waals surface area contributed by atoms with Crippen molar-refractivity contribution in [2.24, 2.45) is 0 Å². The van der Waals surface area contributed by atoms with Crippen LogP contribution in [-0.4, -0.2) is 34.6 Å². The van der Waals surface area contributed by atoms with E-state index >= 15 is 0 Å². The van der Waals surface area contributed by atoms with Crippen LogP contribution in [0.2, 0.25) is 0 Å². The third-order valence-corrected chi connectivity index (χ3v) is 5.15. The molecule has 2 heterocycles. The van der Waals surface area contributed by atoms with Gasteiger partial charge in [0.25, 0.3) is 5.91 Å². The van der Waals surface area contributed by atoms with Crippen LogP contribution in [-0.2, 0) is 0 Å². The van der Waals surface area contributed by atoms with Gasteiger partial charge >= 0.3 is 0 Å². The van der Waals surface area contributed by atoms with Gasteiger partial charge in [-0.1, -0.05) is 0 Å². The molecule has 3 nitrogen and oxygen atoms in total. The Morgan fingerprint density at radius 1 is 1.65 bits per heavy atom. The predicted molar refractivity (Wildman–Crippen MR) is 72.5 cm³/mol. The van der Waals surface area contributed by atoms with E-state index in [0.29, 0.717) is 6.54 Å². The smallest absolute Gasteiger partial charge is 0.264 e. The van der Waals surface area contributed by atoms with Crippen molar-refractivity contribution in [3.63, 3.8) is 0 Å². The van der Waals surface area contributed by atoms with E-state index in [0.717, 1.165) is 33.6 Å². The number of rotatable bonds is 1. The first-order valence-electron chi connectivity index (χ1n) is 5.67. The number of aryl methyl sites for hydroxylation is 1. The number of hydrogen-bond acceptors (Lipinski definition) is 3. The zero-order valence-electron chi connectivity index (χ0n) is 9.99. The van der Waals surface area contributed by atoms with E-state index in [1.807, 2.05) is 13.0 Å². The molecule has 0 aromatic carbocycles. The van der Waals surface area contributed by atoms with Crippen LogP contribution < -0.4 is 0 Å². The number of halogens is 1. The Kier molecular flexibility index (Phi) is 3.61. The Morgan fingerprint density at radius 2 is 2.35 bits per heavy atom. The molecule has 1 aliphatic heterocycles. The molecule has 0 aliphatic carbocycles. The molecule has 1 atom stereocenters. The summed E-state index contributed by atoms with van der Waals surface area (Å²) in [6.45, 7) is 4.94. The highest BCUT2D eigenvalue weighted by atomic mass is 79.9. The van der Waals surface area contributed by atoms with Crippen LogP contribution in [0, 0.1) is 6.92 Å². The van der Waals surface area contributed by atoms with Gasteiger partial charge in [-0.05, 0) is 54.2 Å². The Labute approximate surface area is 114 Å². The van der Waals surface area contributed by atoms with Crippen LogP contribution in [0.5, 0.6) is 0 Å². The normalized spacial score (nSPS) is 25.1. The monoisotopic (exact) mass is 317 g/mol. The standard InChI is InChI=1S/C12H16BrNO2S/c1-8-6-9(17-10(8)13)11(15)14-5-3-4-12(2,16)7-14/h6,16H,3-5,7H2,1-2H3. The van der Waals surface area contributed by atoms with Crippen molar-refractivity contribution in [1.29, 1.82) is 0 Å². The van der Waals surface area contributed by atoms with Gasteiger partial charge in [0.2, 0.25) is 0 Å². The highest BCUT2D eigenvalue weighted by Gasteiger charge is 2.31. The molecule has 0 spiro atoms. The Hall–Kier alpha value is -0.390. The van der Waals surface area contributed by atoms with Gasteiger partial charge in [0.1, 0.15) is 0 Å². The lowest BCUT2D eigenvalue weighted by Gasteiger charge is -2.36.